The molecule has 0 bridgehead atoms. The summed E-state index contributed by atoms with van der Waals surface area (Å²) < 4.78 is 56.8. The van der Waals surface area contributed by atoms with Crippen LogP contribution in [0.2, 0.25) is 0 Å². The summed E-state index contributed by atoms with van der Waals surface area (Å²) >= 11 is 0. The van der Waals surface area contributed by atoms with Crippen molar-refractivity contribution in [1.29, 1.82) is 0 Å². The molecule has 0 fully saturated rings. The van der Waals surface area contributed by atoms with E-state index < -0.39 is 33.7 Å². The van der Waals surface area contributed by atoms with Gasteiger partial charge in [0.05, 0.1) is 5.56 Å². The van der Waals surface area contributed by atoms with E-state index in [4.69, 9.17) is 13.9 Å². The van der Waals surface area contributed by atoms with E-state index >= 15 is 0 Å². The molecule has 0 heterocycles. The second-order valence-corrected chi connectivity index (χ2v) is 6.39. The quantitative estimate of drug-likeness (QED) is 0.538. The number of rotatable bonds is 8. The molecular weight excluding hydrogens is 337 g/mol. The maximum absolute atomic E-state index is 13.8. The number of halogens is 3. The van der Waals surface area contributed by atoms with E-state index in [-0.39, 0.29) is 5.56 Å². The Balaban J connectivity index is 2.08. The van der Waals surface area contributed by atoms with Gasteiger partial charge in [0.25, 0.3) is 6.48 Å². The summed E-state index contributed by atoms with van der Waals surface area (Å²) in [6.45, 7) is 3.94. The van der Waals surface area contributed by atoms with E-state index in [0.29, 0.717) is 30.9 Å². The molecule has 7 heteroatoms. The van der Waals surface area contributed by atoms with Crippen LogP contribution >= 0.6 is 0 Å². The summed E-state index contributed by atoms with van der Waals surface area (Å²) in [5.74, 6) is -2.80. The second kappa shape index (κ2) is 8.98. The average Bonchev–Trinajstić information content (AvgIpc) is 2.53. The van der Waals surface area contributed by atoms with Gasteiger partial charge in [-0.15, -0.1) is 0 Å². The highest BCUT2D eigenvalue weighted by molar-refractivity contribution is 6.46. The molecule has 3 nitrogen and oxygen atoms in total. The lowest BCUT2D eigenvalue weighted by Crippen LogP contribution is -2.28. The van der Waals surface area contributed by atoms with Gasteiger partial charge < -0.3 is 13.9 Å². The standard InChI is InChI=1S/C17H19F3O3Si/c1-3-21-17(22-4-2)23-24-13-7-5-11(6-8-13)16-14(19)9-12(18)10-15(16)20/h5-10,17H,3-4,24H2,1-2H3. The van der Waals surface area contributed by atoms with Crippen molar-refractivity contribution in [1.82, 2.24) is 0 Å². The SMILES string of the molecule is CCOC(OCC)O[SiH2]c1ccc(-c2c(F)cc(F)cc2F)cc1. The molecule has 0 saturated heterocycles. The number of ether oxygens (including phenoxy) is 2. The Morgan fingerprint density at radius 3 is 1.96 bits per heavy atom. The molecule has 0 atom stereocenters. The van der Waals surface area contributed by atoms with Crippen LogP contribution in [0.15, 0.2) is 36.4 Å². The summed E-state index contributed by atoms with van der Waals surface area (Å²) in [4.78, 5) is 0. The summed E-state index contributed by atoms with van der Waals surface area (Å²) in [6.07, 6.45) is 0. The van der Waals surface area contributed by atoms with Crippen LogP contribution in [0.1, 0.15) is 13.8 Å². The summed E-state index contributed by atoms with van der Waals surface area (Å²) in [5, 5.41) is 0.922. The van der Waals surface area contributed by atoms with Crippen molar-refractivity contribution in [3.8, 4) is 11.1 Å². The van der Waals surface area contributed by atoms with E-state index in [1.165, 1.54) is 0 Å². The molecule has 0 aromatic heterocycles. The fourth-order valence-electron chi connectivity index (χ4n) is 2.17. The zero-order chi connectivity index (χ0) is 17.5. The van der Waals surface area contributed by atoms with E-state index in [1.54, 1.807) is 24.3 Å². The van der Waals surface area contributed by atoms with Crippen LogP contribution in [-0.2, 0) is 13.9 Å². The second-order valence-electron chi connectivity index (χ2n) is 4.95. The predicted octanol–water partition coefficient (Wildman–Crippen LogP) is 2.85. The average molecular weight is 356 g/mol. The van der Waals surface area contributed by atoms with Gasteiger partial charge in [-0.3, -0.25) is 0 Å². The fraction of sp³-hybridized carbons (Fsp3) is 0.294. The molecule has 0 spiro atoms. The topological polar surface area (TPSA) is 27.7 Å². The first kappa shape index (κ1) is 18.7. The molecule has 0 unspecified atom stereocenters. The number of benzene rings is 2. The highest BCUT2D eigenvalue weighted by Crippen LogP contribution is 2.26. The van der Waals surface area contributed by atoms with E-state index in [9.17, 15) is 13.2 Å². The van der Waals surface area contributed by atoms with Crippen molar-refractivity contribution in [3.63, 3.8) is 0 Å². The van der Waals surface area contributed by atoms with Crippen molar-refractivity contribution in [3.05, 3.63) is 53.8 Å². The third-order valence-corrected chi connectivity index (χ3v) is 4.48. The van der Waals surface area contributed by atoms with Crippen molar-refractivity contribution < 1.29 is 27.1 Å². The molecule has 2 rings (SSSR count). The van der Waals surface area contributed by atoms with Gasteiger partial charge in [0, 0.05) is 25.3 Å². The van der Waals surface area contributed by atoms with E-state index in [0.717, 1.165) is 5.19 Å². The Morgan fingerprint density at radius 1 is 0.917 bits per heavy atom. The first-order valence-corrected chi connectivity index (χ1v) is 8.92. The zero-order valence-electron chi connectivity index (χ0n) is 13.5. The third-order valence-electron chi connectivity index (χ3n) is 3.24. The van der Waals surface area contributed by atoms with Gasteiger partial charge in [-0.05, 0) is 24.6 Å². The molecule has 0 radical (unpaired) electrons. The molecular formula is C17H19F3O3Si. The summed E-state index contributed by atoms with van der Waals surface area (Å²) in [5.41, 5.74) is 0.0981. The lowest BCUT2D eigenvalue weighted by molar-refractivity contribution is -0.242. The molecule has 0 saturated carbocycles. The molecule has 130 valence electrons. The monoisotopic (exact) mass is 356 g/mol. The zero-order valence-corrected chi connectivity index (χ0v) is 14.9. The number of hydrogen-bond acceptors (Lipinski definition) is 3. The fourth-order valence-corrected chi connectivity index (χ4v) is 3.12. The van der Waals surface area contributed by atoms with Crippen molar-refractivity contribution in [2.75, 3.05) is 13.2 Å². The Hall–Kier alpha value is -1.67. The Bertz CT molecular complexity index is 636. The Labute approximate surface area is 141 Å². The molecule has 2 aromatic carbocycles. The van der Waals surface area contributed by atoms with Crippen LogP contribution in [0.3, 0.4) is 0 Å². The minimum absolute atomic E-state index is 0.243. The van der Waals surface area contributed by atoms with Crippen molar-refractivity contribution in [2.45, 2.75) is 20.3 Å². The highest BCUT2D eigenvalue weighted by atomic mass is 28.2. The van der Waals surface area contributed by atoms with Crippen molar-refractivity contribution in [2.24, 2.45) is 0 Å². The van der Waals surface area contributed by atoms with Gasteiger partial charge in [-0.2, -0.15) is 0 Å². The van der Waals surface area contributed by atoms with Crippen LogP contribution in [0, 0.1) is 17.5 Å². The smallest absolute Gasteiger partial charge is 0.261 e. The summed E-state index contributed by atoms with van der Waals surface area (Å²) in [6, 6.07) is 7.97. The minimum atomic E-state index is -1.12. The molecule has 24 heavy (non-hydrogen) atoms. The first-order chi connectivity index (χ1) is 11.5. The maximum Gasteiger partial charge on any atom is 0.261 e. The maximum atomic E-state index is 13.8. The lowest BCUT2D eigenvalue weighted by atomic mass is 10.0. The van der Waals surface area contributed by atoms with Crippen LogP contribution in [0.4, 0.5) is 13.2 Å². The molecule has 2 aromatic rings. The molecule has 0 aliphatic heterocycles. The van der Waals surface area contributed by atoms with Gasteiger partial charge in [-0.25, -0.2) is 13.2 Å². The number of hydrogen-bond donors (Lipinski definition) is 0. The minimum Gasteiger partial charge on any atom is -0.373 e. The van der Waals surface area contributed by atoms with Crippen LogP contribution < -0.4 is 5.19 Å². The van der Waals surface area contributed by atoms with Gasteiger partial charge >= 0.3 is 0 Å². The van der Waals surface area contributed by atoms with Gasteiger partial charge in [-0.1, -0.05) is 24.3 Å². The largest absolute Gasteiger partial charge is 0.373 e. The van der Waals surface area contributed by atoms with Crippen LogP contribution in [0.5, 0.6) is 0 Å². The van der Waals surface area contributed by atoms with Crippen molar-refractivity contribution >= 4 is 14.9 Å². The molecule has 0 aliphatic rings. The lowest BCUT2D eigenvalue weighted by Gasteiger charge is -2.17. The van der Waals surface area contributed by atoms with E-state index in [2.05, 4.69) is 0 Å². The molecule has 0 aliphatic carbocycles. The first-order valence-electron chi connectivity index (χ1n) is 7.63. The Morgan fingerprint density at radius 2 is 1.46 bits per heavy atom. The predicted molar refractivity (Wildman–Crippen MR) is 88.1 cm³/mol. The van der Waals surface area contributed by atoms with E-state index in [1.807, 2.05) is 13.8 Å². The van der Waals surface area contributed by atoms with Gasteiger partial charge in [0.2, 0.25) is 0 Å². The highest BCUT2D eigenvalue weighted by Gasteiger charge is 2.14. The Kier molecular flexibility index (Phi) is 6.98. The van der Waals surface area contributed by atoms with Crippen LogP contribution in [0.25, 0.3) is 11.1 Å². The normalized spacial score (nSPS) is 11.8. The molecule has 0 amide bonds. The van der Waals surface area contributed by atoms with Gasteiger partial charge in [0.15, 0.2) is 9.76 Å². The van der Waals surface area contributed by atoms with Crippen LogP contribution in [-0.4, -0.2) is 29.5 Å². The third kappa shape index (κ3) is 4.91. The van der Waals surface area contributed by atoms with Gasteiger partial charge in [0.1, 0.15) is 17.5 Å². The summed E-state index contributed by atoms with van der Waals surface area (Å²) in [7, 11) is -1.12. The molecule has 0 N–H and O–H groups in total.